The average Bonchev–Trinajstić information content (AvgIpc) is 2.94. The van der Waals surface area contributed by atoms with E-state index in [1.807, 2.05) is 43.3 Å². The lowest BCUT2D eigenvalue weighted by atomic mass is 10.2. The van der Waals surface area contributed by atoms with E-state index in [0.29, 0.717) is 12.4 Å². The second kappa shape index (κ2) is 7.57. The van der Waals surface area contributed by atoms with Gasteiger partial charge in [-0.3, -0.25) is 4.79 Å². The van der Waals surface area contributed by atoms with Gasteiger partial charge in [0.15, 0.2) is 0 Å². The summed E-state index contributed by atoms with van der Waals surface area (Å²) in [5.41, 5.74) is 2.68. The smallest absolute Gasteiger partial charge is 0.249 e. The van der Waals surface area contributed by atoms with E-state index in [1.54, 1.807) is 22.9 Å². The van der Waals surface area contributed by atoms with Gasteiger partial charge in [-0.2, -0.15) is 5.10 Å². The molecule has 2 aromatic carbocycles. The van der Waals surface area contributed by atoms with E-state index in [2.05, 4.69) is 10.4 Å². The summed E-state index contributed by atoms with van der Waals surface area (Å²) in [6.45, 7) is 2.46. The zero-order valence-corrected chi connectivity index (χ0v) is 13.8. The van der Waals surface area contributed by atoms with Crippen LogP contribution in [0.4, 0.5) is 10.2 Å². The summed E-state index contributed by atoms with van der Waals surface area (Å²) < 4.78 is 14.6. The highest BCUT2D eigenvalue weighted by Gasteiger charge is 2.08. The molecule has 0 bridgehead atoms. The molecular weight excluding hydrogens is 317 g/mol. The van der Waals surface area contributed by atoms with Crippen molar-refractivity contribution < 1.29 is 9.18 Å². The molecule has 0 aliphatic heterocycles. The molecule has 3 rings (SSSR count). The van der Waals surface area contributed by atoms with Gasteiger partial charge >= 0.3 is 0 Å². The molecule has 0 spiro atoms. The Labute approximate surface area is 145 Å². The van der Waals surface area contributed by atoms with Gasteiger partial charge in [-0.15, -0.1) is 0 Å². The Kier molecular flexibility index (Phi) is 5.04. The van der Waals surface area contributed by atoms with Crippen molar-refractivity contribution in [3.05, 3.63) is 89.4 Å². The van der Waals surface area contributed by atoms with Crippen LogP contribution in [0, 0.1) is 12.7 Å². The van der Waals surface area contributed by atoms with E-state index in [0.717, 1.165) is 16.8 Å². The SMILES string of the molecule is Cc1cc(NC(=O)C=Cc2ccc(F)cc2)n(Cc2ccccc2)n1. The Bertz CT molecular complexity index is 883. The molecule has 0 aliphatic rings. The molecule has 126 valence electrons. The van der Waals surface area contributed by atoms with Crippen LogP contribution in [0.5, 0.6) is 0 Å². The Hall–Kier alpha value is -3.21. The van der Waals surface area contributed by atoms with Gasteiger partial charge in [-0.05, 0) is 36.3 Å². The zero-order chi connectivity index (χ0) is 17.6. The van der Waals surface area contributed by atoms with E-state index in [-0.39, 0.29) is 11.7 Å². The fourth-order valence-corrected chi connectivity index (χ4v) is 2.44. The maximum atomic E-state index is 12.9. The molecule has 0 unspecified atom stereocenters. The van der Waals surface area contributed by atoms with Gasteiger partial charge in [0, 0.05) is 12.1 Å². The summed E-state index contributed by atoms with van der Waals surface area (Å²) in [7, 11) is 0. The van der Waals surface area contributed by atoms with E-state index < -0.39 is 0 Å². The van der Waals surface area contributed by atoms with Crippen LogP contribution < -0.4 is 5.32 Å². The van der Waals surface area contributed by atoms with Gasteiger partial charge in [0.25, 0.3) is 0 Å². The highest BCUT2D eigenvalue weighted by Crippen LogP contribution is 2.13. The summed E-state index contributed by atoms with van der Waals surface area (Å²) >= 11 is 0. The third-order valence-electron chi connectivity index (χ3n) is 3.63. The predicted molar refractivity (Wildman–Crippen MR) is 96.6 cm³/mol. The number of carbonyl (C=O) groups is 1. The minimum atomic E-state index is -0.304. The van der Waals surface area contributed by atoms with Crippen LogP contribution in [0.3, 0.4) is 0 Å². The molecule has 0 atom stereocenters. The molecule has 0 fully saturated rings. The number of benzene rings is 2. The number of hydrogen-bond acceptors (Lipinski definition) is 2. The second-order valence-corrected chi connectivity index (χ2v) is 5.69. The first kappa shape index (κ1) is 16.6. The number of halogens is 1. The lowest BCUT2D eigenvalue weighted by molar-refractivity contribution is -0.111. The Morgan fingerprint density at radius 3 is 2.60 bits per heavy atom. The minimum Gasteiger partial charge on any atom is -0.307 e. The van der Waals surface area contributed by atoms with Crippen molar-refractivity contribution in [1.29, 1.82) is 0 Å². The number of nitrogens with zero attached hydrogens (tertiary/aromatic N) is 2. The normalized spacial score (nSPS) is 11.0. The van der Waals surface area contributed by atoms with Crippen molar-refractivity contribution in [1.82, 2.24) is 9.78 Å². The van der Waals surface area contributed by atoms with Crippen LogP contribution >= 0.6 is 0 Å². The number of rotatable bonds is 5. The Morgan fingerprint density at radius 1 is 1.16 bits per heavy atom. The van der Waals surface area contributed by atoms with Gasteiger partial charge in [0.1, 0.15) is 11.6 Å². The highest BCUT2D eigenvalue weighted by atomic mass is 19.1. The monoisotopic (exact) mass is 335 g/mol. The molecule has 0 saturated carbocycles. The lowest BCUT2D eigenvalue weighted by Crippen LogP contribution is -2.13. The van der Waals surface area contributed by atoms with Crippen molar-refractivity contribution in [3.63, 3.8) is 0 Å². The maximum Gasteiger partial charge on any atom is 0.249 e. The fourth-order valence-electron chi connectivity index (χ4n) is 2.44. The van der Waals surface area contributed by atoms with E-state index in [4.69, 9.17) is 0 Å². The molecule has 4 nitrogen and oxygen atoms in total. The molecule has 1 amide bonds. The molecule has 25 heavy (non-hydrogen) atoms. The van der Waals surface area contributed by atoms with Crippen LogP contribution in [-0.2, 0) is 11.3 Å². The first-order valence-electron chi connectivity index (χ1n) is 7.93. The van der Waals surface area contributed by atoms with Crippen molar-refractivity contribution in [3.8, 4) is 0 Å². The van der Waals surface area contributed by atoms with Gasteiger partial charge in [0.2, 0.25) is 5.91 Å². The predicted octanol–water partition coefficient (Wildman–Crippen LogP) is 4.03. The first-order valence-corrected chi connectivity index (χ1v) is 7.93. The van der Waals surface area contributed by atoms with Crippen LogP contribution in [-0.4, -0.2) is 15.7 Å². The standard InChI is InChI=1S/C20H18FN3O/c1-15-13-19(24(23-15)14-17-5-3-2-4-6-17)22-20(25)12-9-16-7-10-18(21)11-8-16/h2-13H,14H2,1H3,(H,22,25). The van der Waals surface area contributed by atoms with Crippen molar-refractivity contribution in [2.75, 3.05) is 5.32 Å². The number of aryl methyl sites for hydroxylation is 1. The number of amides is 1. The van der Waals surface area contributed by atoms with Crippen LogP contribution in [0.1, 0.15) is 16.8 Å². The summed E-state index contributed by atoms with van der Waals surface area (Å²) in [5, 5.41) is 7.26. The highest BCUT2D eigenvalue weighted by molar-refractivity contribution is 6.01. The van der Waals surface area contributed by atoms with E-state index in [9.17, 15) is 9.18 Å². The summed E-state index contributed by atoms with van der Waals surface area (Å²) in [6.07, 6.45) is 3.06. The fraction of sp³-hybridized carbons (Fsp3) is 0.100. The second-order valence-electron chi connectivity index (χ2n) is 5.69. The molecule has 3 aromatic rings. The maximum absolute atomic E-state index is 12.9. The third-order valence-corrected chi connectivity index (χ3v) is 3.63. The topological polar surface area (TPSA) is 46.9 Å². The first-order chi connectivity index (χ1) is 12.1. The number of carbonyl (C=O) groups excluding carboxylic acids is 1. The number of aromatic nitrogens is 2. The summed E-state index contributed by atoms with van der Waals surface area (Å²) in [4.78, 5) is 12.2. The molecule has 1 N–H and O–H groups in total. The van der Waals surface area contributed by atoms with Gasteiger partial charge in [-0.25, -0.2) is 9.07 Å². The van der Waals surface area contributed by atoms with Gasteiger partial charge in [-0.1, -0.05) is 42.5 Å². The molecule has 1 aromatic heterocycles. The zero-order valence-electron chi connectivity index (χ0n) is 13.8. The molecule has 0 radical (unpaired) electrons. The Balaban J connectivity index is 1.70. The van der Waals surface area contributed by atoms with Gasteiger partial charge < -0.3 is 5.32 Å². The summed E-state index contributed by atoms with van der Waals surface area (Å²) in [6, 6.07) is 17.7. The minimum absolute atomic E-state index is 0.265. The van der Waals surface area contributed by atoms with E-state index in [1.165, 1.54) is 18.2 Å². The van der Waals surface area contributed by atoms with Crippen molar-refractivity contribution in [2.45, 2.75) is 13.5 Å². The largest absolute Gasteiger partial charge is 0.307 e. The number of nitrogens with one attached hydrogen (secondary N) is 1. The van der Waals surface area contributed by atoms with Crippen LogP contribution in [0.15, 0.2) is 66.7 Å². The lowest BCUT2D eigenvalue weighted by Gasteiger charge is -2.07. The molecule has 1 heterocycles. The van der Waals surface area contributed by atoms with E-state index >= 15 is 0 Å². The number of anilines is 1. The summed E-state index contributed by atoms with van der Waals surface area (Å²) in [5.74, 6) is 0.0653. The molecule has 5 heteroatoms. The van der Waals surface area contributed by atoms with Crippen LogP contribution in [0.2, 0.25) is 0 Å². The molecular formula is C20H18FN3O. The molecule has 0 saturated heterocycles. The quantitative estimate of drug-likeness (QED) is 0.716. The number of hydrogen-bond donors (Lipinski definition) is 1. The van der Waals surface area contributed by atoms with Crippen molar-refractivity contribution >= 4 is 17.8 Å². The van der Waals surface area contributed by atoms with Crippen LogP contribution in [0.25, 0.3) is 6.08 Å². The van der Waals surface area contributed by atoms with Gasteiger partial charge in [0.05, 0.1) is 12.2 Å². The molecule has 0 aliphatic carbocycles. The Morgan fingerprint density at radius 2 is 1.88 bits per heavy atom. The van der Waals surface area contributed by atoms with Crippen molar-refractivity contribution in [2.24, 2.45) is 0 Å². The third kappa shape index (κ3) is 4.64. The average molecular weight is 335 g/mol.